The molecule has 1 amide bonds. The van der Waals surface area contributed by atoms with Crippen molar-refractivity contribution in [3.05, 3.63) is 87.4 Å². The monoisotopic (exact) mass is 474 g/mol. The Balaban J connectivity index is 1.64. The summed E-state index contributed by atoms with van der Waals surface area (Å²) in [6.45, 7) is 3.01. The molecule has 1 saturated heterocycles. The summed E-state index contributed by atoms with van der Waals surface area (Å²) in [6.07, 6.45) is 0. The van der Waals surface area contributed by atoms with E-state index in [1.807, 2.05) is 17.5 Å². The topological polar surface area (TPSA) is 75.7 Å². The lowest BCUT2D eigenvalue weighted by Gasteiger charge is -2.26. The molecule has 0 radical (unpaired) electrons. The summed E-state index contributed by atoms with van der Waals surface area (Å²) in [4.78, 5) is 14.2. The number of sulfonamides is 1. The quantitative estimate of drug-likeness (QED) is 0.591. The molecule has 2 heterocycles. The molecule has 0 saturated carbocycles. The van der Waals surface area contributed by atoms with Gasteiger partial charge in [0.15, 0.2) is 0 Å². The maximum Gasteiger partial charge on any atom is 0.252 e. The Morgan fingerprint density at radius 1 is 1.12 bits per heavy atom. The second kappa shape index (κ2) is 9.50. The summed E-state index contributed by atoms with van der Waals surface area (Å²) in [5.74, 6) is -0.758. The van der Waals surface area contributed by atoms with E-state index < -0.39 is 22.0 Å². The van der Waals surface area contributed by atoms with E-state index in [0.29, 0.717) is 18.8 Å². The highest BCUT2D eigenvalue weighted by atomic mass is 32.2. The molecule has 1 aliphatic rings. The van der Waals surface area contributed by atoms with Gasteiger partial charge in [-0.1, -0.05) is 24.3 Å². The van der Waals surface area contributed by atoms with E-state index >= 15 is 0 Å². The summed E-state index contributed by atoms with van der Waals surface area (Å²) in [7, 11) is -3.73. The normalized spacial score (nSPS) is 15.9. The zero-order valence-electron chi connectivity index (χ0n) is 17.5. The number of morpholine rings is 1. The van der Waals surface area contributed by atoms with Gasteiger partial charge < -0.3 is 10.1 Å². The summed E-state index contributed by atoms with van der Waals surface area (Å²) in [5, 5.41) is 4.89. The molecule has 1 N–H and O–H groups in total. The Hall–Kier alpha value is -2.59. The molecule has 0 spiro atoms. The fourth-order valence-electron chi connectivity index (χ4n) is 3.58. The predicted octanol–water partition coefficient (Wildman–Crippen LogP) is 3.74. The van der Waals surface area contributed by atoms with E-state index in [-0.39, 0.29) is 29.4 Å². The third-order valence-corrected chi connectivity index (χ3v) is 8.20. The number of ether oxygens (including phenoxy) is 1. The number of hydrogen-bond donors (Lipinski definition) is 1. The minimum atomic E-state index is -3.73. The van der Waals surface area contributed by atoms with Crippen LogP contribution in [0.15, 0.2) is 64.9 Å². The first-order valence-corrected chi connectivity index (χ1v) is 12.5. The lowest BCUT2D eigenvalue weighted by atomic mass is 10.0. The Morgan fingerprint density at radius 2 is 1.84 bits per heavy atom. The van der Waals surface area contributed by atoms with Gasteiger partial charge >= 0.3 is 0 Å². The number of carbonyl (C=O) groups excluding carboxylic acids is 1. The van der Waals surface area contributed by atoms with Gasteiger partial charge in [-0.15, -0.1) is 11.3 Å². The van der Waals surface area contributed by atoms with E-state index in [1.54, 1.807) is 25.1 Å². The highest BCUT2D eigenvalue weighted by molar-refractivity contribution is 7.89. The number of aryl methyl sites for hydroxylation is 1. The van der Waals surface area contributed by atoms with Crippen LogP contribution in [-0.2, 0) is 14.8 Å². The van der Waals surface area contributed by atoms with Crippen molar-refractivity contribution in [1.29, 1.82) is 0 Å². The molecule has 0 bridgehead atoms. The first-order valence-electron chi connectivity index (χ1n) is 10.1. The van der Waals surface area contributed by atoms with Crippen LogP contribution in [0.4, 0.5) is 4.39 Å². The number of amides is 1. The van der Waals surface area contributed by atoms with Gasteiger partial charge in [-0.25, -0.2) is 12.8 Å². The largest absolute Gasteiger partial charge is 0.379 e. The van der Waals surface area contributed by atoms with Crippen LogP contribution < -0.4 is 5.32 Å². The van der Waals surface area contributed by atoms with Crippen LogP contribution in [0.2, 0.25) is 0 Å². The zero-order chi connectivity index (χ0) is 22.7. The first-order chi connectivity index (χ1) is 15.4. The van der Waals surface area contributed by atoms with Crippen molar-refractivity contribution in [1.82, 2.24) is 9.62 Å². The SMILES string of the molecule is Cc1ccc(S(=O)(=O)N2CCOCC2)cc1C(=O)NC(c1ccc(F)cc1)c1cccs1. The number of thiophene rings is 1. The van der Waals surface area contributed by atoms with Crippen LogP contribution in [0, 0.1) is 12.7 Å². The maximum absolute atomic E-state index is 13.4. The van der Waals surface area contributed by atoms with Crippen LogP contribution in [0.1, 0.15) is 32.4 Å². The molecule has 1 aliphatic heterocycles. The molecule has 168 valence electrons. The average Bonchev–Trinajstić information content (AvgIpc) is 3.33. The molecule has 1 aromatic heterocycles. The molecule has 1 unspecified atom stereocenters. The van der Waals surface area contributed by atoms with Gasteiger partial charge in [-0.3, -0.25) is 4.79 Å². The minimum Gasteiger partial charge on any atom is -0.379 e. The van der Waals surface area contributed by atoms with Crippen molar-refractivity contribution in [3.8, 4) is 0 Å². The van der Waals surface area contributed by atoms with Crippen molar-refractivity contribution < 1.29 is 22.3 Å². The molecule has 1 fully saturated rings. The number of rotatable bonds is 6. The first kappa shape index (κ1) is 22.6. The van der Waals surface area contributed by atoms with Crippen molar-refractivity contribution in [2.24, 2.45) is 0 Å². The number of nitrogens with one attached hydrogen (secondary N) is 1. The number of halogens is 1. The van der Waals surface area contributed by atoms with Crippen molar-refractivity contribution >= 4 is 27.3 Å². The Kier molecular flexibility index (Phi) is 6.71. The van der Waals surface area contributed by atoms with E-state index in [4.69, 9.17) is 4.74 Å². The minimum absolute atomic E-state index is 0.0737. The fourth-order valence-corrected chi connectivity index (χ4v) is 5.82. The van der Waals surface area contributed by atoms with E-state index in [1.165, 1.54) is 39.9 Å². The van der Waals surface area contributed by atoms with Gasteiger partial charge in [0.25, 0.3) is 5.91 Å². The molecular weight excluding hydrogens is 451 g/mol. The van der Waals surface area contributed by atoms with Crippen LogP contribution in [0.25, 0.3) is 0 Å². The van der Waals surface area contributed by atoms with Gasteiger partial charge in [0.2, 0.25) is 10.0 Å². The molecule has 2 aromatic carbocycles. The Bertz CT molecular complexity index is 1190. The highest BCUT2D eigenvalue weighted by Gasteiger charge is 2.28. The number of benzene rings is 2. The van der Waals surface area contributed by atoms with Gasteiger partial charge in [-0.05, 0) is 53.8 Å². The molecule has 3 aromatic rings. The highest BCUT2D eigenvalue weighted by Crippen LogP contribution is 2.28. The lowest BCUT2D eigenvalue weighted by Crippen LogP contribution is -2.40. The Morgan fingerprint density at radius 3 is 2.50 bits per heavy atom. The molecule has 9 heteroatoms. The van der Waals surface area contributed by atoms with Gasteiger partial charge in [0.05, 0.1) is 24.2 Å². The molecule has 0 aliphatic carbocycles. The van der Waals surface area contributed by atoms with E-state index in [0.717, 1.165) is 10.4 Å². The van der Waals surface area contributed by atoms with Crippen molar-refractivity contribution in [2.75, 3.05) is 26.3 Å². The second-order valence-electron chi connectivity index (χ2n) is 7.47. The van der Waals surface area contributed by atoms with E-state index in [9.17, 15) is 17.6 Å². The zero-order valence-corrected chi connectivity index (χ0v) is 19.1. The third-order valence-electron chi connectivity index (χ3n) is 5.37. The average molecular weight is 475 g/mol. The van der Waals surface area contributed by atoms with Crippen molar-refractivity contribution in [3.63, 3.8) is 0 Å². The van der Waals surface area contributed by atoms with Crippen LogP contribution >= 0.6 is 11.3 Å². The molecule has 1 atom stereocenters. The maximum atomic E-state index is 13.4. The molecule has 4 rings (SSSR count). The molecular formula is C23H23FN2O4S2. The van der Waals surface area contributed by atoms with Crippen LogP contribution in [0.5, 0.6) is 0 Å². The summed E-state index contributed by atoms with van der Waals surface area (Å²) < 4.78 is 46.1. The lowest BCUT2D eigenvalue weighted by molar-refractivity contribution is 0.0730. The summed E-state index contributed by atoms with van der Waals surface area (Å²) >= 11 is 1.47. The summed E-state index contributed by atoms with van der Waals surface area (Å²) in [6, 6.07) is 13.8. The van der Waals surface area contributed by atoms with Crippen molar-refractivity contribution in [2.45, 2.75) is 17.9 Å². The van der Waals surface area contributed by atoms with Crippen LogP contribution in [-0.4, -0.2) is 44.9 Å². The number of hydrogen-bond acceptors (Lipinski definition) is 5. The number of nitrogens with zero attached hydrogens (tertiary/aromatic N) is 1. The predicted molar refractivity (Wildman–Crippen MR) is 121 cm³/mol. The smallest absolute Gasteiger partial charge is 0.252 e. The van der Waals surface area contributed by atoms with Gasteiger partial charge in [0, 0.05) is 23.5 Å². The third kappa shape index (κ3) is 4.75. The van der Waals surface area contributed by atoms with Crippen LogP contribution in [0.3, 0.4) is 0 Å². The van der Waals surface area contributed by atoms with E-state index in [2.05, 4.69) is 5.32 Å². The molecule has 6 nitrogen and oxygen atoms in total. The standard InChI is InChI=1S/C23H23FN2O4S2/c1-16-4-9-19(32(28,29)26-10-12-30-13-11-26)15-20(16)23(27)25-22(21-3-2-14-31-21)17-5-7-18(24)8-6-17/h2-9,14-15,22H,10-13H2,1H3,(H,25,27). The van der Waals surface area contributed by atoms with Gasteiger partial charge in [0.1, 0.15) is 5.82 Å². The fraction of sp³-hybridized carbons (Fsp3) is 0.261. The van der Waals surface area contributed by atoms with Gasteiger partial charge in [-0.2, -0.15) is 4.31 Å². The second-order valence-corrected chi connectivity index (χ2v) is 10.4. The molecule has 32 heavy (non-hydrogen) atoms. The summed E-state index contributed by atoms with van der Waals surface area (Å²) in [5.41, 5.74) is 1.67. The Labute approximate surface area is 190 Å². The number of carbonyl (C=O) groups is 1.